The molecule has 0 bridgehead atoms. The fraction of sp³-hybridized carbons (Fsp3) is 0. The highest BCUT2D eigenvalue weighted by molar-refractivity contribution is 9.10. The molecule has 5 heteroatoms. The van der Waals surface area contributed by atoms with Crippen LogP contribution in [0, 0.1) is 0 Å². The van der Waals surface area contributed by atoms with E-state index in [1.54, 1.807) is 12.3 Å². The van der Waals surface area contributed by atoms with Gasteiger partial charge in [-0.1, -0.05) is 0 Å². The quantitative estimate of drug-likeness (QED) is 0.787. The minimum Gasteiger partial charge on any atom is -0.286 e. The van der Waals surface area contributed by atoms with Crippen LogP contribution in [0.1, 0.15) is 15.4 Å². The van der Waals surface area contributed by atoms with E-state index in [-0.39, 0.29) is 5.78 Å². The van der Waals surface area contributed by atoms with Crippen LogP contribution in [0.4, 0.5) is 0 Å². The lowest BCUT2D eigenvalue weighted by Gasteiger charge is -1.96. The van der Waals surface area contributed by atoms with E-state index in [9.17, 15) is 4.79 Å². The Bertz CT molecular complexity index is 455. The van der Waals surface area contributed by atoms with Crippen LogP contribution in [-0.4, -0.2) is 15.8 Å². The molecule has 0 N–H and O–H groups in total. The van der Waals surface area contributed by atoms with E-state index in [1.807, 2.05) is 11.4 Å². The van der Waals surface area contributed by atoms with Crippen LogP contribution in [0.15, 0.2) is 34.5 Å². The predicted molar refractivity (Wildman–Crippen MR) is 57.5 cm³/mol. The summed E-state index contributed by atoms with van der Waals surface area (Å²) in [6.45, 7) is 0. The molecule has 0 aliphatic heterocycles. The first-order valence-corrected chi connectivity index (χ1v) is 5.50. The summed E-state index contributed by atoms with van der Waals surface area (Å²) in [4.78, 5) is 20.1. The van der Waals surface area contributed by atoms with E-state index in [0.717, 1.165) is 4.47 Å². The lowest BCUT2D eigenvalue weighted by molar-refractivity contribution is 0.103. The molecule has 2 heterocycles. The fourth-order valence-electron chi connectivity index (χ4n) is 0.997. The normalized spacial score (nSPS) is 10.1. The molecule has 0 saturated heterocycles. The summed E-state index contributed by atoms with van der Waals surface area (Å²) in [5.74, 6) is -0.0747. The summed E-state index contributed by atoms with van der Waals surface area (Å²) >= 11 is 4.71. The molecule has 2 rings (SSSR count). The number of halogens is 1. The lowest BCUT2D eigenvalue weighted by atomic mass is 10.2. The van der Waals surface area contributed by atoms with Gasteiger partial charge in [0.15, 0.2) is 0 Å². The molecule has 0 saturated carbocycles. The van der Waals surface area contributed by atoms with Gasteiger partial charge in [-0.15, -0.1) is 11.3 Å². The maximum Gasteiger partial charge on any atom is 0.222 e. The molecule has 14 heavy (non-hydrogen) atoms. The van der Waals surface area contributed by atoms with Gasteiger partial charge in [0.05, 0.1) is 4.88 Å². The third-order valence-electron chi connectivity index (χ3n) is 1.64. The Balaban J connectivity index is 2.39. The number of rotatable bonds is 2. The van der Waals surface area contributed by atoms with E-state index in [1.165, 1.54) is 17.7 Å². The Hall–Kier alpha value is -1.07. The average Bonchev–Trinajstić information content (AvgIpc) is 2.65. The zero-order chi connectivity index (χ0) is 9.97. The number of nitrogens with zero attached hydrogens (tertiary/aromatic N) is 2. The van der Waals surface area contributed by atoms with Crippen LogP contribution in [-0.2, 0) is 0 Å². The molecule has 3 nitrogen and oxygen atoms in total. The maximum absolute atomic E-state index is 11.8. The molecule has 0 aromatic carbocycles. The minimum atomic E-state index is -0.0747. The SMILES string of the molecule is O=C(c1ccncn1)c1sccc1Br. The van der Waals surface area contributed by atoms with Gasteiger partial charge in [-0.2, -0.15) is 0 Å². The average molecular weight is 269 g/mol. The molecular formula is C9H5BrN2OS. The smallest absolute Gasteiger partial charge is 0.222 e. The van der Waals surface area contributed by atoms with Crippen molar-refractivity contribution >= 4 is 33.0 Å². The molecule has 0 atom stereocenters. The summed E-state index contributed by atoms with van der Waals surface area (Å²) in [5, 5.41) is 1.86. The van der Waals surface area contributed by atoms with Crippen LogP contribution in [0.3, 0.4) is 0 Å². The van der Waals surface area contributed by atoms with Crippen LogP contribution in [0.5, 0.6) is 0 Å². The van der Waals surface area contributed by atoms with Gasteiger partial charge in [-0.05, 0) is 33.4 Å². The van der Waals surface area contributed by atoms with Gasteiger partial charge in [0.25, 0.3) is 0 Å². The highest BCUT2D eigenvalue weighted by Crippen LogP contribution is 2.24. The highest BCUT2D eigenvalue weighted by Gasteiger charge is 2.14. The van der Waals surface area contributed by atoms with Gasteiger partial charge in [0.2, 0.25) is 5.78 Å². The molecule has 0 spiro atoms. The fourth-order valence-corrected chi connectivity index (χ4v) is 2.50. The van der Waals surface area contributed by atoms with E-state index in [2.05, 4.69) is 25.9 Å². The summed E-state index contributed by atoms with van der Waals surface area (Å²) in [6.07, 6.45) is 2.93. The van der Waals surface area contributed by atoms with Crippen molar-refractivity contribution in [3.63, 3.8) is 0 Å². The molecule has 0 amide bonds. The molecule has 2 aromatic heterocycles. The van der Waals surface area contributed by atoms with Gasteiger partial charge in [0, 0.05) is 10.7 Å². The van der Waals surface area contributed by atoms with E-state index in [0.29, 0.717) is 10.6 Å². The number of ketones is 1. The Kier molecular flexibility index (Phi) is 2.69. The first kappa shape index (κ1) is 9.48. The largest absolute Gasteiger partial charge is 0.286 e. The second-order valence-electron chi connectivity index (χ2n) is 2.52. The minimum absolute atomic E-state index is 0.0747. The van der Waals surface area contributed by atoms with Gasteiger partial charge in [-0.3, -0.25) is 4.79 Å². The maximum atomic E-state index is 11.8. The van der Waals surface area contributed by atoms with E-state index in [4.69, 9.17) is 0 Å². The third kappa shape index (κ3) is 1.73. The monoisotopic (exact) mass is 268 g/mol. The molecule has 0 aliphatic rings. The van der Waals surface area contributed by atoms with Crippen molar-refractivity contribution in [3.05, 3.63) is 45.1 Å². The molecule has 0 aliphatic carbocycles. The number of carbonyl (C=O) groups excluding carboxylic acids is 1. The van der Waals surface area contributed by atoms with Gasteiger partial charge >= 0.3 is 0 Å². The number of carbonyl (C=O) groups is 1. The molecule has 0 unspecified atom stereocenters. The van der Waals surface area contributed by atoms with E-state index < -0.39 is 0 Å². The Labute approximate surface area is 93.0 Å². The van der Waals surface area contributed by atoms with Crippen LogP contribution < -0.4 is 0 Å². The molecule has 0 radical (unpaired) electrons. The molecule has 2 aromatic rings. The number of hydrogen-bond acceptors (Lipinski definition) is 4. The van der Waals surface area contributed by atoms with E-state index >= 15 is 0 Å². The number of hydrogen-bond donors (Lipinski definition) is 0. The van der Waals surface area contributed by atoms with Gasteiger partial charge < -0.3 is 0 Å². The summed E-state index contributed by atoms with van der Waals surface area (Å²) < 4.78 is 0.811. The van der Waals surface area contributed by atoms with Crippen molar-refractivity contribution in [1.82, 2.24) is 9.97 Å². The molecule has 0 fully saturated rings. The first-order chi connectivity index (χ1) is 6.79. The zero-order valence-corrected chi connectivity index (χ0v) is 9.38. The Morgan fingerprint density at radius 2 is 2.29 bits per heavy atom. The summed E-state index contributed by atoms with van der Waals surface area (Å²) in [7, 11) is 0. The van der Waals surface area contributed by atoms with Crippen molar-refractivity contribution in [2.45, 2.75) is 0 Å². The second kappa shape index (κ2) is 3.98. The number of thiophene rings is 1. The highest BCUT2D eigenvalue weighted by atomic mass is 79.9. The Morgan fingerprint density at radius 3 is 2.86 bits per heavy atom. The molecule has 70 valence electrons. The van der Waals surface area contributed by atoms with Crippen molar-refractivity contribution in [2.75, 3.05) is 0 Å². The van der Waals surface area contributed by atoms with Crippen LogP contribution >= 0.6 is 27.3 Å². The number of aromatic nitrogens is 2. The van der Waals surface area contributed by atoms with Crippen molar-refractivity contribution < 1.29 is 4.79 Å². The van der Waals surface area contributed by atoms with Gasteiger partial charge in [-0.25, -0.2) is 9.97 Å². The summed E-state index contributed by atoms with van der Waals surface area (Å²) in [5.41, 5.74) is 0.420. The third-order valence-corrected chi connectivity index (χ3v) is 3.47. The second-order valence-corrected chi connectivity index (χ2v) is 4.29. The Morgan fingerprint density at radius 1 is 1.43 bits per heavy atom. The van der Waals surface area contributed by atoms with Crippen molar-refractivity contribution in [3.8, 4) is 0 Å². The lowest BCUT2D eigenvalue weighted by Crippen LogP contribution is -2.02. The first-order valence-electron chi connectivity index (χ1n) is 3.83. The van der Waals surface area contributed by atoms with Gasteiger partial charge in [0.1, 0.15) is 12.0 Å². The zero-order valence-electron chi connectivity index (χ0n) is 6.98. The topological polar surface area (TPSA) is 42.9 Å². The van der Waals surface area contributed by atoms with Crippen LogP contribution in [0.2, 0.25) is 0 Å². The van der Waals surface area contributed by atoms with Crippen molar-refractivity contribution in [1.29, 1.82) is 0 Å². The standard InChI is InChI=1S/C9H5BrN2OS/c10-6-2-4-14-9(6)8(13)7-1-3-11-5-12-7/h1-5H. The van der Waals surface area contributed by atoms with Crippen molar-refractivity contribution in [2.24, 2.45) is 0 Å². The summed E-state index contributed by atoms with van der Waals surface area (Å²) in [6, 6.07) is 3.45. The van der Waals surface area contributed by atoms with Crippen LogP contribution in [0.25, 0.3) is 0 Å². The predicted octanol–water partition coefficient (Wildman–Crippen LogP) is 2.53. The molecular weight excluding hydrogens is 264 g/mol.